The topological polar surface area (TPSA) is 26.3 Å². The Labute approximate surface area is 346 Å². The summed E-state index contributed by atoms with van der Waals surface area (Å²) in [5.41, 5.74) is 10.5. The number of benzene rings is 10. The Kier molecular flexibility index (Phi) is 5.68. The summed E-state index contributed by atoms with van der Waals surface area (Å²) in [6.07, 6.45) is 0. The van der Waals surface area contributed by atoms with Crippen LogP contribution in [0.1, 0.15) is 11.0 Å². The van der Waals surface area contributed by atoms with Crippen molar-refractivity contribution in [1.29, 1.82) is 0 Å². The molecule has 2 aromatic heterocycles. The Morgan fingerprint density at radius 1 is 0.276 bits per heavy atom. The predicted molar refractivity (Wildman–Crippen MR) is 243 cm³/mol. The summed E-state index contributed by atoms with van der Waals surface area (Å²) in [6.45, 7) is 0. The normalized spacial score (nSPS) is 13.7. The van der Waals surface area contributed by atoms with Gasteiger partial charge in [-0.2, -0.15) is 0 Å². The van der Waals surface area contributed by atoms with Gasteiger partial charge in [-0.25, -0.2) is 0 Å². The van der Waals surface area contributed by atoms with Crippen molar-refractivity contribution < 1.29 is 19.8 Å². The van der Waals surface area contributed by atoms with Crippen molar-refractivity contribution in [2.24, 2.45) is 0 Å². The Hall–Kier alpha value is -7.68. The molecule has 0 spiro atoms. The first-order valence-corrected chi connectivity index (χ1v) is 19.2. The zero-order valence-electron chi connectivity index (χ0n) is 38.8. The van der Waals surface area contributed by atoms with Crippen LogP contribution >= 0.6 is 0 Å². The molecular formula is C56H34O2. The molecule has 0 saturated heterocycles. The van der Waals surface area contributed by atoms with E-state index in [-0.39, 0.29) is 45.7 Å². The minimum atomic E-state index is -0.440. The van der Waals surface area contributed by atoms with Crippen LogP contribution in [0, 0.1) is 0 Å². The van der Waals surface area contributed by atoms with E-state index in [4.69, 9.17) is 14.3 Å². The van der Waals surface area contributed by atoms with Crippen LogP contribution in [0.4, 0.5) is 0 Å². The predicted octanol–water partition coefficient (Wildman–Crippen LogP) is 16.1. The molecule has 2 heteroatoms. The minimum Gasteiger partial charge on any atom is -0.456 e. The first kappa shape index (κ1) is 25.5. The zero-order valence-corrected chi connectivity index (χ0v) is 30.8. The molecule has 12 rings (SSSR count). The van der Waals surface area contributed by atoms with E-state index in [1.165, 1.54) is 0 Å². The van der Waals surface area contributed by atoms with Crippen LogP contribution in [-0.4, -0.2) is 0 Å². The molecular weight excluding hydrogens is 705 g/mol. The van der Waals surface area contributed by atoms with Gasteiger partial charge in [0.1, 0.15) is 22.3 Å². The molecule has 0 saturated carbocycles. The van der Waals surface area contributed by atoms with Crippen molar-refractivity contribution in [3.05, 3.63) is 206 Å². The molecule has 0 amide bonds. The quantitative estimate of drug-likeness (QED) is 0.164. The third-order valence-electron chi connectivity index (χ3n) is 11.3. The minimum absolute atomic E-state index is 0.169. The van der Waals surface area contributed by atoms with Crippen molar-refractivity contribution in [2.45, 2.75) is 0 Å². The third-order valence-corrected chi connectivity index (χ3v) is 11.3. The summed E-state index contributed by atoms with van der Waals surface area (Å²) in [7, 11) is 0. The number of fused-ring (bicyclic) bond motifs is 9. The third kappa shape index (κ3) is 5.12. The van der Waals surface area contributed by atoms with Gasteiger partial charge in [-0.05, 0) is 114 Å². The van der Waals surface area contributed by atoms with Gasteiger partial charge in [0.2, 0.25) is 0 Å². The molecule has 0 N–H and O–H groups in total. The maximum Gasteiger partial charge on any atom is 0.136 e. The van der Waals surface area contributed by atoms with Gasteiger partial charge in [0.25, 0.3) is 0 Å². The lowest BCUT2D eigenvalue weighted by atomic mass is 9.85. The maximum absolute atomic E-state index is 9.39. The number of para-hydroxylation sites is 1. The first-order valence-electron chi connectivity index (χ1n) is 23.2. The number of hydrogen-bond acceptors (Lipinski definition) is 2. The molecule has 0 fully saturated rings. The van der Waals surface area contributed by atoms with Crippen molar-refractivity contribution in [1.82, 2.24) is 0 Å². The lowest BCUT2D eigenvalue weighted by Gasteiger charge is -2.18. The van der Waals surface area contributed by atoms with E-state index in [9.17, 15) is 5.48 Å². The monoisotopic (exact) mass is 746 g/mol. The Morgan fingerprint density at radius 3 is 1.26 bits per heavy atom. The van der Waals surface area contributed by atoms with E-state index >= 15 is 0 Å². The highest BCUT2D eigenvalue weighted by molar-refractivity contribution is 6.26. The largest absolute Gasteiger partial charge is 0.456 e. The van der Waals surface area contributed by atoms with E-state index in [1.807, 2.05) is 127 Å². The van der Waals surface area contributed by atoms with E-state index < -0.39 is 24.2 Å². The van der Waals surface area contributed by atoms with Crippen LogP contribution < -0.4 is 0 Å². The first-order chi connectivity index (χ1) is 32.1. The van der Waals surface area contributed by atoms with Gasteiger partial charge in [-0.15, -0.1) is 0 Å². The summed E-state index contributed by atoms with van der Waals surface area (Å²) in [4.78, 5) is 0. The van der Waals surface area contributed by atoms with Crippen LogP contribution in [0.5, 0.6) is 0 Å². The molecule has 0 atom stereocenters. The highest BCUT2D eigenvalue weighted by Crippen LogP contribution is 2.45. The fraction of sp³-hybridized carbons (Fsp3) is 0. The number of rotatable bonds is 5. The van der Waals surface area contributed by atoms with E-state index in [0.29, 0.717) is 27.8 Å². The second-order valence-electron chi connectivity index (χ2n) is 14.6. The van der Waals surface area contributed by atoms with Gasteiger partial charge < -0.3 is 8.83 Å². The van der Waals surface area contributed by atoms with Crippen LogP contribution in [0.3, 0.4) is 0 Å². The van der Waals surface area contributed by atoms with E-state index in [1.54, 1.807) is 0 Å². The Morgan fingerprint density at radius 2 is 0.690 bits per heavy atom. The fourth-order valence-corrected chi connectivity index (χ4v) is 8.63. The second kappa shape index (κ2) is 12.9. The highest BCUT2D eigenvalue weighted by atomic mass is 16.3. The van der Waals surface area contributed by atoms with E-state index in [2.05, 4.69) is 30.3 Å². The molecule has 0 aliphatic rings. The summed E-state index contributed by atoms with van der Waals surface area (Å²) < 4.78 is 85.5. The van der Waals surface area contributed by atoms with E-state index in [0.717, 1.165) is 71.7 Å². The molecule has 0 unspecified atom stereocenters. The molecule has 2 nitrogen and oxygen atoms in total. The lowest BCUT2D eigenvalue weighted by molar-refractivity contribution is 0.663. The van der Waals surface area contributed by atoms with Gasteiger partial charge in [0, 0.05) is 21.5 Å². The van der Waals surface area contributed by atoms with Crippen molar-refractivity contribution in [3.8, 4) is 55.6 Å². The van der Waals surface area contributed by atoms with Gasteiger partial charge in [-0.1, -0.05) is 170 Å². The van der Waals surface area contributed by atoms with Gasteiger partial charge in [-0.3, -0.25) is 0 Å². The summed E-state index contributed by atoms with van der Waals surface area (Å²) in [5, 5.41) is 4.64. The van der Waals surface area contributed by atoms with Gasteiger partial charge in [0.15, 0.2) is 0 Å². The summed E-state index contributed by atoms with van der Waals surface area (Å²) >= 11 is 0. The molecule has 10 aromatic carbocycles. The highest BCUT2D eigenvalue weighted by Gasteiger charge is 2.19. The van der Waals surface area contributed by atoms with Crippen LogP contribution in [0.2, 0.25) is 0 Å². The molecule has 270 valence electrons. The average molecular weight is 747 g/mol. The molecule has 0 aliphatic heterocycles. The van der Waals surface area contributed by atoms with Gasteiger partial charge >= 0.3 is 0 Å². The van der Waals surface area contributed by atoms with Crippen LogP contribution in [0.25, 0.3) is 121 Å². The van der Waals surface area contributed by atoms with Gasteiger partial charge in [0.05, 0.1) is 11.0 Å². The molecule has 12 aromatic rings. The zero-order chi connectivity index (χ0) is 45.1. The SMILES string of the molecule is [2H]c1c([2H])c([2H])c2c(-c3ccc(-c4ccc5c(c4)oc4ccc6oc7ccccc7c6c45)cc3)c3c([2H])c([2H])c([2H])c([2H])c3c(-c3ccc(-c4cccc(-c5ccccc5)c4)cc3)c2c1[2H]. The molecule has 0 aliphatic carbocycles. The Bertz CT molecular complexity index is 3920. The summed E-state index contributed by atoms with van der Waals surface area (Å²) in [5.74, 6) is 0. The molecule has 0 radical (unpaired) electrons. The molecule has 2 heterocycles. The fourth-order valence-electron chi connectivity index (χ4n) is 8.63. The second-order valence-corrected chi connectivity index (χ2v) is 14.6. The maximum atomic E-state index is 9.39. The lowest BCUT2D eigenvalue weighted by Crippen LogP contribution is -1.91. The number of furan rings is 2. The van der Waals surface area contributed by atoms with Crippen molar-refractivity contribution in [3.63, 3.8) is 0 Å². The summed E-state index contributed by atoms with van der Waals surface area (Å²) in [6, 6.07) is 48.3. The molecule has 58 heavy (non-hydrogen) atoms. The standard InChI is InChI=1S/C56H34O2/c1-2-11-35(12-3-1)40-13-10-14-41(33-40)36-21-25-38(26-22-36)53-43-15-4-6-17-45(43)54(46-18-7-5-16-44(46)53)39-27-23-37(24-28-39)42-29-30-48-52(34-42)58-51-32-31-50-55(56(48)51)47-19-8-9-20-49(47)57-50/h1-34H/i4D,5D,6D,7D,15D,16D,17D,18D. The van der Waals surface area contributed by atoms with Crippen molar-refractivity contribution in [2.75, 3.05) is 0 Å². The number of hydrogen-bond donors (Lipinski definition) is 0. The Balaban J connectivity index is 1.04. The van der Waals surface area contributed by atoms with Crippen molar-refractivity contribution >= 4 is 65.4 Å². The van der Waals surface area contributed by atoms with Crippen LogP contribution in [0.15, 0.2) is 215 Å². The average Bonchev–Trinajstić information content (AvgIpc) is 3.93. The van der Waals surface area contributed by atoms with Crippen LogP contribution in [-0.2, 0) is 0 Å². The smallest absolute Gasteiger partial charge is 0.136 e. The molecule has 0 bridgehead atoms.